The van der Waals surface area contributed by atoms with Crippen LogP contribution in [-0.2, 0) is 14.8 Å². The van der Waals surface area contributed by atoms with Gasteiger partial charge in [0.15, 0.2) is 0 Å². The van der Waals surface area contributed by atoms with E-state index in [0.29, 0.717) is 0 Å². The number of carbonyl (C=O) groups is 1. The molecular weight excluding hydrogens is 324 g/mol. The maximum absolute atomic E-state index is 12.9. The summed E-state index contributed by atoms with van der Waals surface area (Å²) < 4.78 is 28.0. The first-order chi connectivity index (χ1) is 11.3. The van der Waals surface area contributed by atoms with Gasteiger partial charge in [-0.2, -0.15) is 4.72 Å². The molecule has 1 saturated heterocycles. The van der Waals surface area contributed by atoms with Crippen LogP contribution in [0.2, 0.25) is 0 Å². The lowest BCUT2D eigenvalue weighted by atomic mass is 9.98. The fraction of sp³-hybridized carbons (Fsp3) is 0.611. The number of amides is 1. The Morgan fingerprint density at radius 3 is 2.29 bits per heavy atom. The molecule has 0 spiro atoms. The van der Waals surface area contributed by atoms with E-state index in [0.717, 1.165) is 44.3 Å². The summed E-state index contributed by atoms with van der Waals surface area (Å²) in [6.07, 6.45) is 3.85. The van der Waals surface area contributed by atoms with Gasteiger partial charge in [0.05, 0.1) is 4.90 Å². The van der Waals surface area contributed by atoms with Crippen LogP contribution in [0.1, 0.15) is 45.1 Å². The number of nitrogens with one attached hydrogen (secondary N) is 1. The molecule has 0 aromatic heterocycles. The van der Waals surface area contributed by atoms with Gasteiger partial charge in [-0.25, -0.2) is 8.42 Å². The first-order valence-electron chi connectivity index (χ1n) is 8.73. The van der Waals surface area contributed by atoms with E-state index in [9.17, 15) is 13.2 Å². The maximum Gasteiger partial charge on any atom is 0.241 e. The first kappa shape index (κ1) is 18.9. The number of hydrogen-bond acceptors (Lipinski definition) is 3. The SMILES string of the molecule is CC[C@@H](C)[C@@H](NS(=O)(=O)c1ccc(C)cc1)C(=O)N1CCCCC1. The van der Waals surface area contributed by atoms with Crippen molar-refractivity contribution in [3.8, 4) is 0 Å². The zero-order valence-electron chi connectivity index (χ0n) is 14.8. The van der Waals surface area contributed by atoms with Crippen molar-refractivity contribution in [2.75, 3.05) is 13.1 Å². The minimum atomic E-state index is -3.71. The number of benzene rings is 1. The van der Waals surface area contributed by atoms with Gasteiger partial charge in [-0.3, -0.25) is 4.79 Å². The van der Waals surface area contributed by atoms with Crippen LogP contribution in [0, 0.1) is 12.8 Å². The fourth-order valence-electron chi connectivity index (χ4n) is 2.91. The van der Waals surface area contributed by atoms with Crippen LogP contribution in [-0.4, -0.2) is 38.4 Å². The molecule has 1 aliphatic rings. The first-order valence-corrected chi connectivity index (χ1v) is 10.2. The molecule has 1 aromatic carbocycles. The Balaban J connectivity index is 2.21. The highest BCUT2D eigenvalue weighted by atomic mass is 32.2. The Hall–Kier alpha value is -1.40. The molecule has 6 heteroatoms. The summed E-state index contributed by atoms with van der Waals surface area (Å²) in [5.41, 5.74) is 0.997. The third-order valence-electron chi connectivity index (χ3n) is 4.76. The molecule has 0 bridgehead atoms. The summed E-state index contributed by atoms with van der Waals surface area (Å²) in [6.45, 7) is 7.24. The Bertz CT molecular complexity index is 649. The molecule has 1 fully saturated rings. The lowest BCUT2D eigenvalue weighted by molar-refractivity contribution is -0.135. The zero-order valence-corrected chi connectivity index (χ0v) is 15.6. The van der Waals surface area contributed by atoms with Crippen LogP contribution in [0.15, 0.2) is 29.2 Å². The van der Waals surface area contributed by atoms with E-state index in [2.05, 4.69) is 4.72 Å². The van der Waals surface area contributed by atoms with Gasteiger partial charge in [-0.1, -0.05) is 38.0 Å². The van der Waals surface area contributed by atoms with E-state index < -0.39 is 16.1 Å². The summed E-state index contributed by atoms with van der Waals surface area (Å²) in [4.78, 5) is 14.9. The van der Waals surface area contributed by atoms with Crippen LogP contribution in [0.25, 0.3) is 0 Å². The van der Waals surface area contributed by atoms with Crippen molar-refractivity contribution < 1.29 is 13.2 Å². The largest absolute Gasteiger partial charge is 0.341 e. The van der Waals surface area contributed by atoms with Gasteiger partial charge in [0.25, 0.3) is 0 Å². The van der Waals surface area contributed by atoms with Gasteiger partial charge in [0.2, 0.25) is 15.9 Å². The Labute approximate surface area is 145 Å². The Morgan fingerprint density at radius 1 is 1.17 bits per heavy atom. The number of piperidine rings is 1. The second kappa shape index (κ2) is 8.12. The quantitative estimate of drug-likeness (QED) is 0.856. The topological polar surface area (TPSA) is 66.5 Å². The van der Waals surface area contributed by atoms with Crippen molar-refractivity contribution in [3.63, 3.8) is 0 Å². The predicted molar refractivity (Wildman–Crippen MR) is 95.2 cm³/mol. The van der Waals surface area contributed by atoms with Gasteiger partial charge < -0.3 is 4.90 Å². The zero-order chi connectivity index (χ0) is 17.7. The lowest BCUT2D eigenvalue weighted by Gasteiger charge is -2.32. The molecule has 2 rings (SSSR count). The summed E-state index contributed by atoms with van der Waals surface area (Å²) in [5.74, 6) is -0.153. The van der Waals surface area contributed by atoms with Gasteiger partial charge >= 0.3 is 0 Å². The third kappa shape index (κ3) is 4.57. The number of aryl methyl sites for hydroxylation is 1. The molecular formula is C18H28N2O3S. The fourth-order valence-corrected chi connectivity index (χ4v) is 4.21. The van der Waals surface area contributed by atoms with Crippen LogP contribution in [0.5, 0.6) is 0 Å². The maximum atomic E-state index is 12.9. The van der Waals surface area contributed by atoms with Crippen LogP contribution >= 0.6 is 0 Å². The third-order valence-corrected chi connectivity index (χ3v) is 6.22. The summed E-state index contributed by atoms with van der Waals surface area (Å²) in [5, 5.41) is 0. The second-order valence-electron chi connectivity index (χ2n) is 6.68. The van der Waals surface area contributed by atoms with E-state index in [4.69, 9.17) is 0 Å². The minimum absolute atomic E-state index is 0.0559. The Morgan fingerprint density at radius 2 is 1.75 bits per heavy atom. The molecule has 1 aromatic rings. The molecule has 1 heterocycles. The number of nitrogens with zero attached hydrogens (tertiary/aromatic N) is 1. The van der Waals surface area contributed by atoms with Gasteiger partial charge in [0, 0.05) is 13.1 Å². The highest BCUT2D eigenvalue weighted by molar-refractivity contribution is 7.89. The summed E-state index contributed by atoms with van der Waals surface area (Å²) in [7, 11) is -3.71. The molecule has 24 heavy (non-hydrogen) atoms. The van der Waals surface area contributed by atoms with Crippen molar-refractivity contribution >= 4 is 15.9 Å². The van der Waals surface area contributed by atoms with Crippen LogP contribution in [0.4, 0.5) is 0 Å². The molecule has 0 radical (unpaired) electrons. The van der Waals surface area contributed by atoms with E-state index in [-0.39, 0.29) is 16.7 Å². The number of rotatable bonds is 6. The average molecular weight is 353 g/mol. The van der Waals surface area contributed by atoms with Crippen molar-refractivity contribution in [1.82, 2.24) is 9.62 Å². The molecule has 1 N–H and O–H groups in total. The number of carbonyl (C=O) groups excluding carboxylic acids is 1. The molecule has 5 nitrogen and oxygen atoms in total. The molecule has 2 atom stereocenters. The molecule has 1 amide bonds. The second-order valence-corrected chi connectivity index (χ2v) is 8.40. The van der Waals surface area contributed by atoms with Gasteiger partial charge in [-0.05, 0) is 44.2 Å². The Kier molecular flexibility index (Phi) is 6.40. The van der Waals surface area contributed by atoms with Crippen molar-refractivity contribution in [1.29, 1.82) is 0 Å². The van der Waals surface area contributed by atoms with Crippen LogP contribution in [0.3, 0.4) is 0 Å². The highest BCUT2D eigenvalue weighted by Gasteiger charge is 2.33. The van der Waals surface area contributed by atoms with E-state index >= 15 is 0 Å². The van der Waals surface area contributed by atoms with Crippen molar-refractivity contribution in [2.45, 2.75) is 57.4 Å². The number of hydrogen-bond donors (Lipinski definition) is 1. The predicted octanol–water partition coefficient (Wildman–Crippen LogP) is 2.70. The van der Waals surface area contributed by atoms with Crippen molar-refractivity contribution in [2.24, 2.45) is 5.92 Å². The van der Waals surface area contributed by atoms with Crippen molar-refractivity contribution in [3.05, 3.63) is 29.8 Å². The molecule has 0 unspecified atom stereocenters. The lowest BCUT2D eigenvalue weighted by Crippen LogP contribution is -2.52. The monoisotopic (exact) mass is 352 g/mol. The van der Waals surface area contributed by atoms with E-state index in [1.54, 1.807) is 29.2 Å². The van der Waals surface area contributed by atoms with E-state index in [1.165, 1.54) is 0 Å². The van der Waals surface area contributed by atoms with Gasteiger partial charge in [-0.15, -0.1) is 0 Å². The molecule has 1 aliphatic heterocycles. The molecule has 0 aliphatic carbocycles. The summed E-state index contributed by atoms with van der Waals surface area (Å²) in [6, 6.07) is 5.98. The van der Waals surface area contributed by atoms with E-state index in [1.807, 2.05) is 20.8 Å². The van der Waals surface area contributed by atoms with Crippen LogP contribution < -0.4 is 4.72 Å². The minimum Gasteiger partial charge on any atom is -0.341 e. The number of likely N-dealkylation sites (tertiary alicyclic amines) is 1. The number of sulfonamides is 1. The van der Waals surface area contributed by atoms with Gasteiger partial charge in [0.1, 0.15) is 6.04 Å². The smallest absolute Gasteiger partial charge is 0.241 e. The summed E-state index contributed by atoms with van der Waals surface area (Å²) >= 11 is 0. The molecule has 0 saturated carbocycles. The normalized spacial score (nSPS) is 18.2. The molecule has 134 valence electrons. The average Bonchev–Trinajstić information content (AvgIpc) is 2.59. The standard InChI is InChI=1S/C18H28N2O3S/c1-4-15(3)17(18(21)20-12-6-5-7-13-20)19-24(22,23)16-10-8-14(2)9-11-16/h8-11,15,17,19H,4-7,12-13H2,1-3H3/t15-,17-/m1/s1. The highest BCUT2D eigenvalue weighted by Crippen LogP contribution is 2.18.